The lowest BCUT2D eigenvalue weighted by Crippen LogP contribution is -2.49. The molecule has 1 aromatic carbocycles. The molecule has 162 valence electrons. The molecule has 0 aliphatic heterocycles. The van der Waals surface area contributed by atoms with Gasteiger partial charge in [-0.2, -0.15) is 0 Å². The number of rotatable bonds is 12. The number of hydrogen-bond donors (Lipinski definition) is 2. The van der Waals surface area contributed by atoms with Crippen molar-refractivity contribution in [3.8, 4) is 0 Å². The highest BCUT2D eigenvalue weighted by molar-refractivity contribution is 5.81. The SMILES string of the molecule is COCCNC(=O)CN(CC(=O)NCCOC)C1CCC(c2ccccc2)CC1. The number of nitrogens with one attached hydrogen (secondary N) is 2. The van der Waals surface area contributed by atoms with E-state index >= 15 is 0 Å². The fourth-order valence-electron chi connectivity index (χ4n) is 3.88. The van der Waals surface area contributed by atoms with Crippen molar-refractivity contribution in [1.82, 2.24) is 15.5 Å². The van der Waals surface area contributed by atoms with E-state index in [-0.39, 0.29) is 30.9 Å². The molecule has 2 amide bonds. The smallest absolute Gasteiger partial charge is 0.234 e. The molecule has 0 saturated heterocycles. The maximum absolute atomic E-state index is 12.3. The molecule has 0 atom stereocenters. The van der Waals surface area contributed by atoms with E-state index in [0.29, 0.717) is 32.2 Å². The minimum Gasteiger partial charge on any atom is -0.383 e. The van der Waals surface area contributed by atoms with Crippen molar-refractivity contribution in [2.75, 3.05) is 53.6 Å². The number of hydrogen-bond acceptors (Lipinski definition) is 5. The number of ether oxygens (including phenoxy) is 2. The first-order valence-corrected chi connectivity index (χ1v) is 10.4. The third kappa shape index (κ3) is 8.51. The standard InChI is InChI=1S/C22H35N3O4/c1-28-14-12-23-21(26)16-25(17-22(27)24-13-15-29-2)20-10-8-19(9-11-20)18-6-4-3-5-7-18/h3-7,19-20H,8-17H2,1-2H3,(H,23,26)(H,24,27). The lowest BCUT2D eigenvalue weighted by Gasteiger charge is -2.36. The zero-order valence-electron chi connectivity index (χ0n) is 17.7. The van der Waals surface area contributed by atoms with E-state index in [2.05, 4.69) is 34.9 Å². The van der Waals surface area contributed by atoms with Crippen molar-refractivity contribution < 1.29 is 19.1 Å². The van der Waals surface area contributed by atoms with Gasteiger partial charge in [0.2, 0.25) is 11.8 Å². The highest BCUT2D eigenvalue weighted by atomic mass is 16.5. The van der Waals surface area contributed by atoms with Gasteiger partial charge >= 0.3 is 0 Å². The maximum atomic E-state index is 12.3. The van der Waals surface area contributed by atoms with Crippen molar-refractivity contribution >= 4 is 11.8 Å². The summed E-state index contributed by atoms with van der Waals surface area (Å²) in [5.74, 6) is 0.411. The van der Waals surface area contributed by atoms with Gasteiger partial charge in [0.15, 0.2) is 0 Å². The van der Waals surface area contributed by atoms with Crippen LogP contribution in [-0.2, 0) is 19.1 Å². The van der Waals surface area contributed by atoms with E-state index in [4.69, 9.17) is 9.47 Å². The van der Waals surface area contributed by atoms with E-state index in [1.807, 2.05) is 11.0 Å². The predicted molar refractivity (Wildman–Crippen MR) is 113 cm³/mol. The lowest BCUT2D eigenvalue weighted by atomic mass is 9.81. The van der Waals surface area contributed by atoms with Crippen molar-refractivity contribution in [2.45, 2.75) is 37.6 Å². The Kier molecular flexibility index (Phi) is 10.7. The number of carbonyl (C=O) groups excluding carboxylic acids is 2. The molecule has 0 aromatic heterocycles. The van der Waals surface area contributed by atoms with Gasteiger partial charge in [-0.15, -0.1) is 0 Å². The van der Waals surface area contributed by atoms with Crippen LogP contribution in [0.2, 0.25) is 0 Å². The molecule has 0 bridgehead atoms. The average Bonchev–Trinajstić information content (AvgIpc) is 2.74. The molecular weight excluding hydrogens is 370 g/mol. The minimum absolute atomic E-state index is 0.0723. The van der Waals surface area contributed by atoms with E-state index in [9.17, 15) is 9.59 Å². The molecule has 7 heteroatoms. The average molecular weight is 406 g/mol. The molecule has 1 aromatic rings. The number of methoxy groups -OCH3 is 2. The van der Waals surface area contributed by atoms with Crippen LogP contribution in [0.15, 0.2) is 30.3 Å². The van der Waals surface area contributed by atoms with E-state index in [1.165, 1.54) is 5.56 Å². The monoisotopic (exact) mass is 405 g/mol. The molecule has 0 heterocycles. The lowest BCUT2D eigenvalue weighted by molar-refractivity contribution is -0.126. The minimum atomic E-state index is -0.0723. The second-order valence-corrected chi connectivity index (χ2v) is 7.51. The van der Waals surface area contributed by atoms with E-state index < -0.39 is 0 Å². The van der Waals surface area contributed by atoms with Crippen LogP contribution in [0, 0.1) is 0 Å². The second-order valence-electron chi connectivity index (χ2n) is 7.51. The molecule has 7 nitrogen and oxygen atoms in total. The fraction of sp³-hybridized carbons (Fsp3) is 0.636. The first-order chi connectivity index (χ1) is 14.1. The second kappa shape index (κ2) is 13.3. The Morgan fingerprint density at radius 3 is 1.90 bits per heavy atom. The first-order valence-electron chi connectivity index (χ1n) is 10.4. The maximum Gasteiger partial charge on any atom is 0.234 e. The van der Waals surface area contributed by atoms with Crippen molar-refractivity contribution in [3.05, 3.63) is 35.9 Å². The Morgan fingerprint density at radius 1 is 0.897 bits per heavy atom. The number of nitrogens with zero attached hydrogens (tertiary/aromatic N) is 1. The van der Waals surface area contributed by atoms with E-state index in [1.54, 1.807) is 14.2 Å². The molecule has 1 saturated carbocycles. The van der Waals surface area contributed by atoms with Crippen LogP contribution in [0.5, 0.6) is 0 Å². The molecular formula is C22H35N3O4. The number of amides is 2. The Labute approximate surface area is 174 Å². The van der Waals surface area contributed by atoms with Gasteiger partial charge in [0.25, 0.3) is 0 Å². The molecule has 0 spiro atoms. The van der Waals surface area contributed by atoms with Crippen LogP contribution in [0.25, 0.3) is 0 Å². The highest BCUT2D eigenvalue weighted by Gasteiger charge is 2.28. The Morgan fingerprint density at radius 2 is 1.41 bits per heavy atom. The summed E-state index contributed by atoms with van der Waals surface area (Å²) in [4.78, 5) is 26.7. The molecule has 1 aliphatic carbocycles. The van der Waals surface area contributed by atoms with Gasteiger partial charge in [-0.1, -0.05) is 30.3 Å². The highest BCUT2D eigenvalue weighted by Crippen LogP contribution is 2.34. The molecule has 2 N–H and O–H groups in total. The van der Waals surface area contributed by atoms with Crippen LogP contribution in [-0.4, -0.2) is 76.4 Å². The summed E-state index contributed by atoms with van der Waals surface area (Å²) in [6, 6.07) is 10.8. The summed E-state index contributed by atoms with van der Waals surface area (Å²) in [6.45, 7) is 2.36. The number of carbonyl (C=O) groups is 2. The zero-order chi connectivity index (χ0) is 20.9. The third-order valence-electron chi connectivity index (χ3n) is 5.43. The van der Waals surface area contributed by atoms with Crippen LogP contribution in [0.4, 0.5) is 0 Å². The van der Waals surface area contributed by atoms with Gasteiger partial charge in [0.1, 0.15) is 0 Å². The van der Waals surface area contributed by atoms with E-state index in [0.717, 1.165) is 25.7 Å². The summed E-state index contributed by atoms with van der Waals surface area (Å²) in [6.07, 6.45) is 4.11. The molecule has 0 unspecified atom stereocenters. The molecule has 1 aliphatic rings. The predicted octanol–water partition coefficient (Wildman–Crippen LogP) is 1.54. The number of benzene rings is 1. The Hall–Kier alpha value is -1.96. The quantitative estimate of drug-likeness (QED) is 0.516. The summed E-state index contributed by atoms with van der Waals surface area (Å²) in [5.41, 5.74) is 1.38. The first kappa shape index (κ1) is 23.3. The zero-order valence-corrected chi connectivity index (χ0v) is 17.7. The van der Waals surface area contributed by atoms with Gasteiger partial charge < -0.3 is 20.1 Å². The topological polar surface area (TPSA) is 79.9 Å². The van der Waals surface area contributed by atoms with Gasteiger partial charge in [-0.25, -0.2) is 0 Å². The van der Waals surface area contributed by atoms with Crippen LogP contribution >= 0.6 is 0 Å². The van der Waals surface area contributed by atoms with Gasteiger partial charge in [-0.05, 0) is 37.2 Å². The molecule has 2 rings (SSSR count). The fourth-order valence-corrected chi connectivity index (χ4v) is 3.88. The summed E-state index contributed by atoms with van der Waals surface area (Å²) >= 11 is 0. The van der Waals surface area contributed by atoms with Crippen molar-refractivity contribution in [2.24, 2.45) is 0 Å². The third-order valence-corrected chi connectivity index (χ3v) is 5.43. The largest absolute Gasteiger partial charge is 0.383 e. The van der Waals surface area contributed by atoms with Crippen LogP contribution < -0.4 is 10.6 Å². The van der Waals surface area contributed by atoms with Crippen LogP contribution in [0.3, 0.4) is 0 Å². The van der Waals surface area contributed by atoms with Crippen LogP contribution in [0.1, 0.15) is 37.2 Å². The molecule has 1 fully saturated rings. The van der Waals surface area contributed by atoms with Gasteiger partial charge in [0.05, 0.1) is 26.3 Å². The normalized spacial score (nSPS) is 19.1. The van der Waals surface area contributed by atoms with Crippen molar-refractivity contribution in [1.29, 1.82) is 0 Å². The molecule has 0 radical (unpaired) electrons. The molecule has 29 heavy (non-hydrogen) atoms. The van der Waals surface area contributed by atoms with Gasteiger partial charge in [0, 0.05) is 33.4 Å². The summed E-state index contributed by atoms with van der Waals surface area (Å²) in [7, 11) is 3.21. The summed E-state index contributed by atoms with van der Waals surface area (Å²) < 4.78 is 9.97. The summed E-state index contributed by atoms with van der Waals surface area (Å²) in [5, 5.41) is 5.71. The van der Waals surface area contributed by atoms with Crippen molar-refractivity contribution in [3.63, 3.8) is 0 Å². The van der Waals surface area contributed by atoms with Gasteiger partial charge in [-0.3, -0.25) is 14.5 Å². The Bertz CT molecular complexity index is 579. The Balaban J connectivity index is 1.91.